The van der Waals surface area contributed by atoms with Gasteiger partial charge in [-0.15, -0.1) is 0 Å². The summed E-state index contributed by atoms with van der Waals surface area (Å²) in [6, 6.07) is 7.89. The normalized spacial score (nSPS) is 12.0. The number of carbonyl (C=O) groups is 1. The second-order valence-corrected chi connectivity index (χ2v) is 3.95. The smallest absolute Gasteiger partial charge is 0.248 e. The zero-order valence-electron chi connectivity index (χ0n) is 9.90. The van der Waals surface area contributed by atoms with E-state index in [1.54, 1.807) is 0 Å². The Bertz CT molecular complexity index is 345. The summed E-state index contributed by atoms with van der Waals surface area (Å²) in [7, 11) is 3.95. The molecular weight excluding hydrogens is 204 g/mol. The van der Waals surface area contributed by atoms with Gasteiger partial charge in [-0.05, 0) is 24.6 Å². The van der Waals surface area contributed by atoms with Gasteiger partial charge < -0.3 is 15.3 Å². The summed E-state index contributed by atoms with van der Waals surface area (Å²) >= 11 is 0. The number of amides is 1. The fourth-order valence-corrected chi connectivity index (χ4v) is 1.25. The standard InChI is InChI=1S/C12H18N2O2/c1-9(15)12(16)13-8-10-4-6-11(7-5-10)14(2)3/h4-7,9,15H,8H2,1-3H3,(H,13,16). The maximum atomic E-state index is 11.1. The van der Waals surface area contributed by atoms with Gasteiger partial charge in [0, 0.05) is 26.3 Å². The summed E-state index contributed by atoms with van der Waals surface area (Å²) in [5.74, 6) is -0.350. The lowest BCUT2D eigenvalue weighted by molar-refractivity contribution is -0.128. The van der Waals surface area contributed by atoms with Crippen LogP contribution in [0.15, 0.2) is 24.3 Å². The van der Waals surface area contributed by atoms with Crippen LogP contribution >= 0.6 is 0 Å². The van der Waals surface area contributed by atoms with Crippen LogP contribution in [0.3, 0.4) is 0 Å². The summed E-state index contributed by atoms with van der Waals surface area (Å²) in [6.45, 7) is 1.89. The molecule has 16 heavy (non-hydrogen) atoms. The van der Waals surface area contributed by atoms with Crippen LogP contribution in [0.4, 0.5) is 5.69 Å². The van der Waals surface area contributed by atoms with Crippen molar-refractivity contribution >= 4 is 11.6 Å². The third-order valence-corrected chi connectivity index (χ3v) is 2.30. The van der Waals surface area contributed by atoms with E-state index in [-0.39, 0.29) is 5.91 Å². The highest BCUT2D eigenvalue weighted by atomic mass is 16.3. The molecular formula is C12H18N2O2. The molecule has 0 aromatic heterocycles. The van der Waals surface area contributed by atoms with Crippen LogP contribution in [-0.2, 0) is 11.3 Å². The Hall–Kier alpha value is -1.55. The highest BCUT2D eigenvalue weighted by Gasteiger charge is 2.07. The third kappa shape index (κ3) is 3.55. The quantitative estimate of drug-likeness (QED) is 0.790. The molecule has 0 heterocycles. The van der Waals surface area contributed by atoms with Crippen LogP contribution in [0.2, 0.25) is 0 Å². The van der Waals surface area contributed by atoms with Crippen LogP contribution in [0.25, 0.3) is 0 Å². The second-order valence-electron chi connectivity index (χ2n) is 3.95. The number of anilines is 1. The summed E-state index contributed by atoms with van der Waals surface area (Å²) in [6.07, 6.45) is -0.957. The fraction of sp³-hybridized carbons (Fsp3) is 0.417. The Morgan fingerprint density at radius 2 is 1.94 bits per heavy atom. The molecule has 0 saturated heterocycles. The number of aliphatic hydroxyl groups is 1. The molecule has 0 aliphatic carbocycles. The largest absolute Gasteiger partial charge is 0.384 e. The maximum absolute atomic E-state index is 11.1. The van der Waals surface area contributed by atoms with Crippen molar-refractivity contribution in [1.82, 2.24) is 5.32 Å². The summed E-state index contributed by atoms with van der Waals surface area (Å²) in [5.41, 5.74) is 2.13. The van der Waals surface area contributed by atoms with Gasteiger partial charge in [-0.25, -0.2) is 0 Å². The number of rotatable bonds is 4. The summed E-state index contributed by atoms with van der Waals surface area (Å²) in [4.78, 5) is 13.1. The molecule has 2 N–H and O–H groups in total. The Balaban J connectivity index is 2.53. The van der Waals surface area contributed by atoms with Crippen molar-refractivity contribution in [3.05, 3.63) is 29.8 Å². The van der Waals surface area contributed by atoms with E-state index >= 15 is 0 Å². The molecule has 0 radical (unpaired) electrons. The third-order valence-electron chi connectivity index (χ3n) is 2.30. The Morgan fingerprint density at radius 1 is 1.38 bits per heavy atom. The van der Waals surface area contributed by atoms with Gasteiger partial charge in [-0.3, -0.25) is 4.79 Å². The lowest BCUT2D eigenvalue weighted by Gasteiger charge is -2.13. The van der Waals surface area contributed by atoms with Gasteiger partial charge in [0.1, 0.15) is 6.10 Å². The van der Waals surface area contributed by atoms with E-state index in [4.69, 9.17) is 5.11 Å². The molecule has 0 saturated carbocycles. The number of benzene rings is 1. The van der Waals surface area contributed by atoms with Gasteiger partial charge in [0.25, 0.3) is 0 Å². The molecule has 4 heteroatoms. The second kappa shape index (κ2) is 5.51. The topological polar surface area (TPSA) is 52.6 Å². The van der Waals surface area contributed by atoms with E-state index in [1.807, 2.05) is 43.3 Å². The Kier molecular flexibility index (Phi) is 4.31. The summed E-state index contributed by atoms with van der Waals surface area (Å²) in [5, 5.41) is 11.6. The van der Waals surface area contributed by atoms with Crippen molar-refractivity contribution < 1.29 is 9.90 Å². The van der Waals surface area contributed by atoms with Gasteiger partial charge in [0.15, 0.2) is 0 Å². The highest BCUT2D eigenvalue weighted by Crippen LogP contribution is 2.11. The van der Waals surface area contributed by atoms with Crippen molar-refractivity contribution in [2.45, 2.75) is 19.6 Å². The van der Waals surface area contributed by atoms with Crippen molar-refractivity contribution in [3.8, 4) is 0 Å². The average Bonchev–Trinajstić information content (AvgIpc) is 2.26. The van der Waals surface area contributed by atoms with Crippen molar-refractivity contribution in [2.75, 3.05) is 19.0 Å². The minimum absolute atomic E-state index is 0.350. The van der Waals surface area contributed by atoms with Crippen LogP contribution in [-0.4, -0.2) is 31.2 Å². The fourth-order valence-electron chi connectivity index (χ4n) is 1.25. The summed E-state index contributed by atoms with van der Waals surface area (Å²) < 4.78 is 0. The molecule has 0 aliphatic heterocycles. The predicted octanol–water partition coefficient (Wildman–Crippen LogP) is 0.750. The van der Waals surface area contributed by atoms with E-state index in [9.17, 15) is 4.79 Å². The number of hydrogen-bond donors (Lipinski definition) is 2. The average molecular weight is 222 g/mol. The molecule has 4 nitrogen and oxygen atoms in total. The van der Waals surface area contributed by atoms with Gasteiger partial charge >= 0.3 is 0 Å². The lowest BCUT2D eigenvalue weighted by atomic mass is 10.2. The van der Waals surface area contributed by atoms with Gasteiger partial charge in [-0.2, -0.15) is 0 Å². The lowest BCUT2D eigenvalue weighted by Crippen LogP contribution is -2.31. The van der Waals surface area contributed by atoms with E-state index in [2.05, 4.69) is 5.32 Å². The van der Waals surface area contributed by atoms with Crippen LogP contribution in [0.5, 0.6) is 0 Å². The van der Waals surface area contributed by atoms with Crippen molar-refractivity contribution in [1.29, 1.82) is 0 Å². The Labute approximate surface area is 95.9 Å². The minimum Gasteiger partial charge on any atom is -0.384 e. The van der Waals surface area contributed by atoms with Crippen LogP contribution in [0, 0.1) is 0 Å². The SMILES string of the molecule is CC(O)C(=O)NCc1ccc(N(C)C)cc1. The molecule has 0 aliphatic rings. The molecule has 1 amide bonds. The molecule has 0 bridgehead atoms. The van der Waals surface area contributed by atoms with E-state index in [0.29, 0.717) is 6.54 Å². The molecule has 88 valence electrons. The first-order valence-electron chi connectivity index (χ1n) is 5.22. The molecule has 0 spiro atoms. The zero-order valence-corrected chi connectivity index (χ0v) is 9.90. The van der Waals surface area contributed by atoms with Crippen LogP contribution < -0.4 is 10.2 Å². The monoisotopic (exact) mass is 222 g/mol. The predicted molar refractivity (Wildman–Crippen MR) is 64.3 cm³/mol. The molecule has 1 atom stereocenters. The molecule has 1 unspecified atom stereocenters. The molecule has 0 fully saturated rings. The molecule has 1 aromatic rings. The molecule has 1 rings (SSSR count). The van der Waals surface area contributed by atoms with E-state index in [0.717, 1.165) is 11.3 Å². The first-order valence-corrected chi connectivity index (χ1v) is 5.22. The van der Waals surface area contributed by atoms with Gasteiger partial charge in [0.2, 0.25) is 5.91 Å². The van der Waals surface area contributed by atoms with Gasteiger partial charge in [0.05, 0.1) is 0 Å². The number of hydrogen-bond acceptors (Lipinski definition) is 3. The first-order chi connectivity index (χ1) is 7.50. The number of aliphatic hydroxyl groups excluding tert-OH is 1. The van der Waals surface area contributed by atoms with Crippen molar-refractivity contribution in [3.63, 3.8) is 0 Å². The first kappa shape index (κ1) is 12.5. The maximum Gasteiger partial charge on any atom is 0.248 e. The zero-order chi connectivity index (χ0) is 12.1. The number of carbonyl (C=O) groups excluding carboxylic acids is 1. The molecule has 1 aromatic carbocycles. The van der Waals surface area contributed by atoms with E-state index in [1.165, 1.54) is 6.92 Å². The van der Waals surface area contributed by atoms with Gasteiger partial charge in [-0.1, -0.05) is 12.1 Å². The van der Waals surface area contributed by atoms with Crippen molar-refractivity contribution in [2.24, 2.45) is 0 Å². The highest BCUT2D eigenvalue weighted by molar-refractivity contribution is 5.79. The Morgan fingerprint density at radius 3 is 2.38 bits per heavy atom. The number of nitrogens with zero attached hydrogens (tertiary/aromatic N) is 1. The number of nitrogens with one attached hydrogen (secondary N) is 1. The van der Waals surface area contributed by atoms with Crippen LogP contribution in [0.1, 0.15) is 12.5 Å². The van der Waals surface area contributed by atoms with E-state index < -0.39 is 6.10 Å². The minimum atomic E-state index is -0.957.